The van der Waals surface area contributed by atoms with Crippen molar-refractivity contribution < 1.29 is 4.79 Å². The number of carbonyl (C=O) groups excluding carboxylic acids is 1. The summed E-state index contributed by atoms with van der Waals surface area (Å²) < 4.78 is 0. The second-order valence-electron chi connectivity index (χ2n) is 5.84. The molecule has 2 amide bonds. The molecule has 0 aromatic heterocycles. The minimum absolute atomic E-state index is 0.0649. The van der Waals surface area contributed by atoms with Crippen LogP contribution in [-0.4, -0.2) is 48.6 Å². The minimum Gasteiger partial charge on any atom is -0.336 e. The minimum atomic E-state index is -0.0649. The molecule has 0 bridgehead atoms. The van der Waals surface area contributed by atoms with Crippen LogP contribution in [0.5, 0.6) is 0 Å². The average Bonchev–Trinajstić information content (AvgIpc) is 3.10. The molecule has 1 aromatic carbocycles. The highest BCUT2D eigenvalue weighted by Crippen LogP contribution is 2.24. The third-order valence-electron chi connectivity index (χ3n) is 4.20. The zero-order chi connectivity index (χ0) is 16.5. The Morgan fingerprint density at radius 2 is 1.78 bits per heavy atom. The highest BCUT2D eigenvalue weighted by atomic mass is 16.2. The van der Waals surface area contributed by atoms with Crippen molar-refractivity contribution in [3.05, 3.63) is 61.2 Å². The third-order valence-corrected chi connectivity index (χ3v) is 4.20. The van der Waals surface area contributed by atoms with Gasteiger partial charge in [-0.1, -0.05) is 42.5 Å². The largest absolute Gasteiger partial charge is 0.336 e. The van der Waals surface area contributed by atoms with E-state index in [2.05, 4.69) is 47.6 Å². The molecule has 1 aromatic rings. The van der Waals surface area contributed by atoms with E-state index in [1.165, 1.54) is 18.4 Å². The summed E-state index contributed by atoms with van der Waals surface area (Å²) >= 11 is 0. The Labute approximate surface area is 139 Å². The summed E-state index contributed by atoms with van der Waals surface area (Å²) in [5.41, 5.74) is 1.26. The number of nitrogens with zero attached hydrogens (tertiary/aromatic N) is 2. The van der Waals surface area contributed by atoms with Gasteiger partial charge >= 0.3 is 6.03 Å². The number of benzene rings is 1. The number of nitrogens with one attached hydrogen (secondary N) is 1. The number of rotatable bonds is 8. The molecule has 0 aliphatic carbocycles. The van der Waals surface area contributed by atoms with Crippen LogP contribution in [0.1, 0.15) is 24.4 Å². The van der Waals surface area contributed by atoms with Crippen LogP contribution in [0.3, 0.4) is 0 Å². The number of likely N-dealkylation sites (tertiary alicyclic amines) is 1. The first-order valence-corrected chi connectivity index (χ1v) is 8.29. The molecule has 0 radical (unpaired) electrons. The summed E-state index contributed by atoms with van der Waals surface area (Å²) in [4.78, 5) is 16.5. The molecule has 124 valence electrons. The molecule has 1 heterocycles. The molecule has 1 saturated heterocycles. The second kappa shape index (κ2) is 9.16. The number of hydrogen-bond acceptors (Lipinski definition) is 2. The summed E-state index contributed by atoms with van der Waals surface area (Å²) in [7, 11) is 0. The fraction of sp³-hybridized carbons (Fsp3) is 0.421. The monoisotopic (exact) mass is 313 g/mol. The quantitative estimate of drug-likeness (QED) is 0.748. The van der Waals surface area contributed by atoms with Crippen molar-refractivity contribution in [2.24, 2.45) is 0 Å². The smallest absolute Gasteiger partial charge is 0.318 e. The zero-order valence-corrected chi connectivity index (χ0v) is 13.8. The molecule has 23 heavy (non-hydrogen) atoms. The van der Waals surface area contributed by atoms with Crippen molar-refractivity contribution in [1.29, 1.82) is 0 Å². The topological polar surface area (TPSA) is 35.6 Å². The average molecular weight is 313 g/mol. The molecule has 1 unspecified atom stereocenters. The van der Waals surface area contributed by atoms with E-state index in [4.69, 9.17) is 0 Å². The molecule has 0 saturated carbocycles. The van der Waals surface area contributed by atoms with Gasteiger partial charge in [-0.2, -0.15) is 0 Å². The Hall–Kier alpha value is -2.07. The van der Waals surface area contributed by atoms with Crippen LogP contribution in [0.4, 0.5) is 4.79 Å². The third kappa shape index (κ3) is 4.96. The normalized spacial score (nSPS) is 15.8. The lowest BCUT2D eigenvalue weighted by atomic mass is 10.1. The van der Waals surface area contributed by atoms with Crippen LogP contribution in [-0.2, 0) is 0 Å². The maximum absolute atomic E-state index is 12.4. The molecule has 4 nitrogen and oxygen atoms in total. The number of hydrogen-bond donors (Lipinski definition) is 1. The summed E-state index contributed by atoms with van der Waals surface area (Å²) in [5, 5.41) is 3.08. The van der Waals surface area contributed by atoms with Gasteiger partial charge in [-0.15, -0.1) is 13.2 Å². The maximum Gasteiger partial charge on any atom is 0.318 e. The van der Waals surface area contributed by atoms with Crippen LogP contribution < -0.4 is 5.32 Å². The van der Waals surface area contributed by atoms with E-state index in [0.29, 0.717) is 19.6 Å². The van der Waals surface area contributed by atoms with Gasteiger partial charge in [0.05, 0.1) is 6.04 Å². The van der Waals surface area contributed by atoms with Gasteiger partial charge in [0.15, 0.2) is 0 Å². The van der Waals surface area contributed by atoms with Crippen LogP contribution in [0.15, 0.2) is 55.6 Å². The van der Waals surface area contributed by atoms with E-state index in [0.717, 1.165) is 13.1 Å². The summed E-state index contributed by atoms with van der Waals surface area (Å²) in [5.74, 6) is 0. The maximum atomic E-state index is 12.4. The van der Waals surface area contributed by atoms with E-state index in [1.807, 2.05) is 6.07 Å². The van der Waals surface area contributed by atoms with Crippen molar-refractivity contribution in [2.45, 2.75) is 18.9 Å². The first-order chi connectivity index (χ1) is 11.3. The molecule has 1 N–H and O–H groups in total. The van der Waals surface area contributed by atoms with Gasteiger partial charge in [-0.05, 0) is 31.5 Å². The van der Waals surface area contributed by atoms with Crippen LogP contribution in [0, 0.1) is 0 Å². The van der Waals surface area contributed by atoms with Crippen LogP contribution in [0.25, 0.3) is 0 Å². The number of carbonyl (C=O) groups is 1. The van der Waals surface area contributed by atoms with Crippen molar-refractivity contribution >= 4 is 6.03 Å². The standard InChI is InChI=1S/C19H27N3O/c1-3-12-22(13-4-2)19(23)20-16-18(21-14-8-9-15-21)17-10-6-5-7-11-17/h3-7,10-11,18H,1-2,8-9,12-16H2,(H,20,23). The molecule has 2 rings (SSSR count). The first kappa shape index (κ1) is 17.3. The Bertz CT molecular complexity index is 499. The lowest BCUT2D eigenvalue weighted by molar-refractivity contribution is 0.196. The zero-order valence-electron chi connectivity index (χ0n) is 13.8. The molecule has 4 heteroatoms. The van der Waals surface area contributed by atoms with Gasteiger partial charge < -0.3 is 10.2 Å². The summed E-state index contributed by atoms with van der Waals surface area (Å²) in [6.45, 7) is 11.3. The second-order valence-corrected chi connectivity index (χ2v) is 5.84. The molecule has 1 aliphatic heterocycles. The Balaban J connectivity index is 2.01. The fourth-order valence-corrected chi connectivity index (χ4v) is 3.03. The van der Waals surface area contributed by atoms with Crippen LogP contribution >= 0.6 is 0 Å². The summed E-state index contributed by atoms with van der Waals surface area (Å²) in [6.07, 6.45) is 5.93. The van der Waals surface area contributed by atoms with Crippen molar-refractivity contribution in [3.8, 4) is 0 Å². The fourth-order valence-electron chi connectivity index (χ4n) is 3.03. The molecule has 1 aliphatic rings. The lowest BCUT2D eigenvalue weighted by Gasteiger charge is -2.29. The molecular formula is C19H27N3O. The molecular weight excluding hydrogens is 286 g/mol. The van der Waals surface area contributed by atoms with Gasteiger partial charge in [-0.3, -0.25) is 4.90 Å². The predicted octanol–water partition coefficient (Wildman–Crippen LogP) is 3.21. The molecule has 1 fully saturated rings. The van der Waals surface area contributed by atoms with Gasteiger partial charge in [-0.25, -0.2) is 4.79 Å². The lowest BCUT2D eigenvalue weighted by Crippen LogP contribution is -2.44. The first-order valence-electron chi connectivity index (χ1n) is 8.29. The Kier molecular flexibility index (Phi) is 6.88. The van der Waals surface area contributed by atoms with Crippen molar-refractivity contribution in [2.75, 3.05) is 32.7 Å². The SMILES string of the molecule is C=CCN(CC=C)C(=O)NCC(c1ccccc1)N1CCCC1. The van der Waals surface area contributed by atoms with Crippen molar-refractivity contribution in [1.82, 2.24) is 15.1 Å². The molecule has 1 atom stereocenters. The van der Waals surface area contributed by atoms with E-state index in [9.17, 15) is 4.79 Å². The summed E-state index contributed by atoms with van der Waals surface area (Å²) in [6, 6.07) is 10.6. The highest BCUT2D eigenvalue weighted by molar-refractivity contribution is 5.74. The predicted molar refractivity (Wildman–Crippen MR) is 95.4 cm³/mol. The van der Waals surface area contributed by atoms with Gasteiger partial charge in [0.25, 0.3) is 0 Å². The van der Waals surface area contributed by atoms with Gasteiger partial charge in [0, 0.05) is 19.6 Å². The molecule has 0 spiro atoms. The van der Waals surface area contributed by atoms with Crippen molar-refractivity contribution in [3.63, 3.8) is 0 Å². The van der Waals surface area contributed by atoms with Gasteiger partial charge in [0.1, 0.15) is 0 Å². The van der Waals surface area contributed by atoms with Crippen LogP contribution in [0.2, 0.25) is 0 Å². The van der Waals surface area contributed by atoms with E-state index in [-0.39, 0.29) is 12.1 Å². The van der Waals surface area contributed by atoms with E-state index < -0.39 is 0 Å². The van der Waals surface area contributed by atoms with Gasteiger partial charge in [0.2, 0.25) is 0 Å². The highest BCUT2D eigenvalue weighted by Gasteiger charge is 2.24. The Morgan fingerprint density at radius 1 is 1.17 bits per heavy atom. The number of urea groups is 1. The number of amides is 2. The van der Waals surface area contributed by atoms with E-state index in [1.54, 1.807) is 17.1 Å². The van der Waals surface area contributed by atoms with E-state index >= 15 is 0 Å². The Morgan fingerprint density at radius 3 is 2.35 bits per heavy atom.